The molecule has 0 N–H and O–H groups in total. The molecule has 100 valence electrons. The molecule has 3 aliphatic rings. The maximum absolute atomic E-state index is 12.5. The fraction of sp³-hybridized carbons (Fsp3) is 0.867. The zero-order chi connectivity index (χ0) is 13.1. The van der Waals surface area contributed by atoms with Gasteiger partial charge in [-0.25, -0.2) is 0 Å². The number of hydrogen-bond donors (Lipinski definition) is 0. The fourth-order valence-electron chi connectivity index (χ4n) is 5.01. The van der Waals surface area contributed by atoms with Gasteiger partial charge in [0.25, 0.3) is 0 Å². The van der Waals surface area contributed by atoms with E-state index in [1.165, 1.54) is 0 Å². The first-order chi connectivity index (χ1) is 8.39. The van der Waals surface area contributed by atoms with Crippen molar-refractivity contribution in [2.75, 3.05) is 6.61 Å². The van der Waals surface area contributed by atoms with Gasteiger partial charge in [0.15, 0.2) is 0 Å². The highest BCUT2D eigenvalue weighted by atomic mass is 16.5. The third-order valence-electron chi connectivity index (χ3n) is 5.68. The predicted octanol–water partition coefficient (Wildman–Crippen LogP) is 2.58. The highest BCUT2D eigenvalue weighted by molar-refractivity contribution is 5.93. The Labute approximate surface area is 108 Å². The maximum Gasteiger partial charge on any atom is 0.313 e. The summed E-state index contributed by atoms with van der Waals surface area (Å²) in [5, 5.41) is 0. The molecule has 1 saturated heterocycles. The van der Waals surface area contributed by atoms with Crippen LogP contribution < -0.4 is 0 Å². The number of carbonyl (C=O) groups excluding carboxylic acids is 2. The first kappa shape index (κ1) is 12.2. The molecule has 0 radical (unpaired) electrons. The molecule has 3 rings (SSSR count). The van der Waals surface area contributed by atoms with Crippen LogP contribution in [-0.2, 0) is 14.3 Å². The van der Waals surface area contributed by atoms with Crippen LogP contribution in [0.5, 0.6) is 0 Å². The number of carbonyl (C=O) groups is 2. The lowest BCUT2D eigenvalue weighted by Crippen LogP contribution is -2.58. The van der Waals surface area contributed by atoms with Crippen LogP contribution in [0.1, 0.15) is 46.5 Å². The zero-order valence-corrected chi connectivity index (χ0v) is 11.5. The van der Waals surface area contributed by atoms with E-state index >= 15 is 0 Å². The van der Waals surface area contributed by atoms with Gasteiger partial charge < -0.3 is 4.74 Å². The average Bonchev–Trinajstić information content (AvgIpc) is 2.55. The van der Waals surface area contributed by atoms with Crippen LogP contribution in [0.2, 0.25) is 0 Å². The second-order valence-corrected chi connectivity index (χ2v) is 7.17. The molecule has 4 atom stereocenters. The Bertz CT molecular complexity index is 412. The summed E-state index contributed by atoms with van der Waals surface area (Å²) in [6.45, 7) is 6.92. The first-order valence-corrected chi connectivity index (χ1v) is 7.09. The van der Waals surface area contributed by atoms with E-state index in [-0.39, 0.29) is 29.1 Å². The number of ketones is 1. The van der Waals surface area contributed by atoms with Crippen LogP contribution in [0.15, 0.2) is 0 Å². The normalized spacial score (nSPS) is 46.3. The summed E-state index contributed by atoms with van der Waals surface area (Å²) in [4.78, 5) is 24.9. The molecule has 2 saturated carbocycles. The summed E-state index contributed by atoms with van der Waals surface area (Å²) < 4.78 is 5.38. The van der Waals surface area contributed by atoms with Gasteiger partial charge in [0.2, 0.25) is 0 Å². The smallest absolute Gasteiger partial charge is 0.313 e. The minimum atomic E-state index is -0.490. The van der Waals surface area contributed by atoms with Gasteiger partial charge in [-0.05, 0) is 24.2 Å². The summed E-state index contributed by atoms with van der Waals surface area (Å²) in [5.74, 6) is 0.629. The van der Waals surface area contributed by atoms with Crippen molar-refractivity contribution in [2.24, 2.45) is 28.6 Å². The van der Waals surface area contributed by atoms with Crippen LogP contribution in [0.4, 0.5) is 0 Å². The Morgan fingerprint density at radius 3 is 2.67 bits per heavy atom. The van der Waals surface area contributed by atoms with E-state index in [4.69, 9.17) is 4.74 Å². The van der Waals surface area contributed by atoms with E-state index in [1.807, 2.05) is 0 Å². The molecular weight excluding hydrogens is 228 g/mol. The van der Waals surface area contributed by atoms with Crippen molar-refractivity contribution >= 4 is 11.8 Å². The van der Waals surface area contributed by atoms with Gasteiger partial charge >= 0.3 is 5.97 Å². The Hall–Kier alpha value is -0.860. The molecule has 3 heteroatoms. The SMILES string of the molecule is C[C@@H]1CC(=O)[C@H]2C(C)(C)CCC[C@@]23C(=O)OC[C@@H]13. The second-order valence-electron chi connectivity index (χ2n) is 7.17. The molecule has 0 aromatic rings. The van der Waals surface area contributed by atoms with Crippen molar-refractivity contribution in [3.05, 3.63) is 0 Å². The molecule has 0 aromatic heterocycles. The highest BCUT2D eigenvalue weighted by Crippen LogP contribution is 2.62. The van der Waals surface area contributed by atoms with Crippen molar-refractivity contribution in [1.82, 2.24) is 0 Å². The maximum atomic E-state index is 12.5. The average molecular weight is 250 g/mol. The third kappa shape index (κ3) is 1.31. The number of Topliss-reactive ketones (excluding diaryl/α,β-unsaturated/α-hetero) is 1. The van der Waals surface area contributed by atoms with Crippen molar-refractivity contribution in [2.45, 2.75) is 46.5 Å². The van der Waals surface area contributed by atoms with E-state index in [9.17, 15) is 9.59 Å². The van der Waals surface area contributed by atoms with Crippen molar-refractivity contribution < 1.29 is 14.3 Å². The van der Waals surface area contributed by atoms with Gasteiger partial charge in [0.05, 0.1) is 12.0 Å². The molecule has 3 nitrogen and oxygen atoms in total. The van der Waals surface area contributed by atoms with Crippen LogP contribution in [0.3, 0.4) is 0 Å². The molecule has 3 fully saturated rings. The number of ether oxygens (including phenoxy) is 1. The summed E-state index contributed by atoms with van der Waals surface area (Å²) in [6, 6.07) is 0. The zero-order valence-electron chi connectivity index (χ0n) is 11.5. The van der Waals surface area contributed by atoms with Gasteiger partial charge in [-0.1, -0.05) is 27.2 Å². The van der Waals surface area contributed by atoms with Gasteiger partial charge in [0, 0.05) is 18.3 Å². The molecule has 18 heavy (non-hydrogen) atoms. The van der Waals surface area contributed by atoms with Crippen molar-refractivity contribution in [1.29, 1.82) is 0 Å². The van der Waals surface area contributed by atoms with E-state index in [2.05, 4.69) is 20.8 Å². The van der Waals surface area contributed by atoms with E-state index < -0.39 is 5.41 Å². The summed E-state index contributed by atoms with van der Waals surface area (Å²) in [6.07, 6.45) is 3.55. The number of hydrogen-bond acceptors (Lipinski definition) is 3. The monoisotopic (exact) mass is 250 g/mol. The molecule has 0 aromatic carbocycles. The van der Waals surface area contributed by atoms with Gasteiger partial charge in [-0.15, -0.1) is 0 Å². The lowest BCUT2D eigenvalue weighted by atomic mass is 9.46. The predicted molar refractivity (Wildman–Crippen MR) is 66.8 cm³/mol. The van der Waals surface area contributed by atoms with Crippen LogP contribution in [0.25, 0.3) is 0 Å². The molecule has 1 aliphatic heterocycles. The van der Waals surface area contributed by atoms with Crippen LogP contribution in [0, 0.1) is 28.6 Å². The Kier molecular flexibility index (Phi) is 2.43. The number of cyclic esters (lactones) is 1. The number of rotatable bonds is 0. The molecule has 0 bridgehead atoms. The Morgan fingerprint density at radius 2 is 1.94 bits per heavy atom. The summed E-state index contributed by atoms with van der Waals surface area (Å²) in [5.41, 5.74) is -0.548. The largest absolute Gasteiger partial charge is 0.465 e. The van der Waals surface area contributed by atoms with Crippen LogP contribution >= 0.6 is 0 Å². The third-order valence-corrected chi connectivity index (χ3v) is 5.68. The number of esters is 1. The standard InChI is InChI=1S/C15H22O3/c1-9-7-11(16)12-14(2,3)5-4-6-15(12)10(9)8-18-13(15)17/h9-10,12H,4-8H2,1-3H3/t9-,10+,12+,15+/m1/s1. The minimum Gasteiger partial charge on any atom is -0.465 e. The molecule has 2 aliphatic carbocycles. The van der Waals surface area contributed by atoms with E-state index in [1.54, 1.807) is 0 Å². The topological polar surface area (TPSA) is 43.4 Å². The molecular formula is C15H22O3. The lowest BCUT2D eigenvalue weighted by Gasteiger charge is -2.53. The minimum absolute atomic E-state index is 0.0584. The van der Waals surface area contributed by atoms with Crippen molar-refractivity contribution in [3.63, 3.8) is 0 Å². The Balaban J connectivity index is 2.13. The quantitative estimate of drug-likeness (QED) is 0.621. The van der Waals surface area contributed by atoms with Crippen molar-refractivity contribution in [3.8, 4) is 0 Å². The van der Waals surface area contributed by atoms with E-state index in [0.29, 0.717) is 18.8 Å². The highest BCUT2D eigenvalue weighted by Gasteiger charge is 2.67. The van der Waals surface area contributed by atoms with Gasteiger partial charge in [0.1, 0.15) is 5.78 Å². The molecule has 1 heterocycles. The summed E-state index contributed by atoms with van der Waals surface area (Å²) >= 11 is 0. The van der Waals surface area contributed by atoms with Crippen LogP contribution in [-0.4, -0.2) is 18.4 Å². The van der Waals surface area contributed by atoms with Gasteiger partial charge in [-0.3, -0.25) is 9.59 Å². The Morgan fingerprint density at radius 1 is 1.22 bits per heavy atom. The first-order valence-electron chi connectivity index (χ1n) is 7.09. The fourth-order valence-corrected chi connectivity index (χ4v) is 5.01. The van der Waals surface area contributed by atoms with Gasteiger partial charge in [-0.2, -0.15) is 0 Å². The molecule has 0 amide bonds. The lowest BCUT2D eigenvalue weighted by molar-refractivity contribution is -0.168. The molecule has 1 spiro atoms. The molecule has 0 unspecified atom stereocenters. The van der Waals surface area contributed by atoms with E-state index in [0.717, 1.165) is 19.3 Å². The summed E-state index contributed by atoms with van der Waals surface area (Å²) in [7, 11) is 0. The second kappa shape index (κ2) is 3.58.